The van der Waals surface area contributed by atoms with Gasteiger partial charge in [-0.2, -0.15) is 0 Å². The lowest BCUT2D eigenvalue weighted by Crippen LogP contribution is -2.45. The van der Waals surface area contributed by atoms with Gasteiger partial charge in [0, 0.05) is 6.07 Å². The summed E-state index contributed by atoms with van der Waals surface area (Å²) in [7, 11) is 1.34. The second-order valence-electron chi connectivity index (χ2n) is 4.47. The molecule has 1 aliphatic rings. The van der Waals surface area contributed by atoms with Crippen LogP contribution in [0.5, 0.6) is 5.75 Å². The maximum atomic E-state index is 13.3. The molecule has 0 saturated heterocycles. The van der Waals surface area contributed by atoms with E-state index in [-0.39, 0.29) is 17.4 Å². The van der Waals surface area contributed by atoms with Crippen molar-refractivity contribution < 1.29 is 18.7 Å². The Balaban J connectivity index is 2.10. The minimum absolute atomic E-state index is 0.0537. The molecule has 98 valence electrons. The Bertz CT molecular complexity index is 458. The molecular formula is C13H14ClFO3. The number of carbonyl (C=O) groups excluding carboxylic acids is 1. The molecule has 0 aliphatic heterocycles. The Morgan fingerprint density at radius 3 is 2.72 bits per heavy atom. The molecule has 0 atom stereocenters. The van der Waals surface area contributed by atoms with Gasteiger partial charge in [0.05, 0.1) is 18.6 Å². The molecule has 3 nitrogen and oxygen atoms in total. The van der Waals surface area contributed by atoms with Gasteiger partial charge in [-0.3, -0.25) is 4.79 Å². The highest BCUT2D eigenvalue weighted by atomic mass is 35.5. The summed E-state index contributed by atoms with van der Waals surface area (Å²) >= 11 is 5.60. The van der Waals surface area contributed by atoms with E-state index < -0.39 is 11.4 Å². The van der Waals surface area contributed by atoms with E-state index in [1.807, 2.05) is 0 Å². The summed E-state index contributed by atoms with van der Waals surface area (Å²) in [4.78, 5) is 11.3. The Kier molecular flexibility index (Phi) is 3.76. The zero-order chi connectivity index (χ0) is 13.2. The first-order valence-corrected chi connectivity index (χ1v) is 6.13. The van der Waals surface area contributed by atoms with E-state index >= 15 is 0 Å². The zero-order valence-electron chi connectivity index (χ0n) is 10.0. The minimum Gasteiger partial charge on any atom is -0.487 e. The van der Waals surface area contributed by atoms with Crippen LogP contribution >= 0.6 is 11.6 Å². The summed E-state index contributed by atoms with van der Waals surface area (Å²) in [5.41, 5.74) is -0.548. The quantitative estimate of drug-likeness (QED) is 0.789. The third kappa shape index (κ3) is 2.75. The predicted octanol–water partition coefficient (Wildman–Crippen LogP) is 3.34. The third-order valence-electron chi connectivity index (χ3n) is 3.18. The molecule has 1 aliphatic carbocycles. The first-order valence-electron chi connectivity index (χ1n) is 5.75. The van der Waals surface area contributed by atoms with Crippen LogP contribution in [0.15, 0.2) is 18.2 Å². The SMILES string of the molecule is COC(=O)CC1(Oc2ccc(Cl)c(F)c2)CCC1. The highest BCUT2D eigenvalue weighted by Gasteiger charge is 2.41. The molecule has 0 N–H and O–H groups in total. The summed E-state index contributed by atoms with van der Waals surface area (Å²) in [6, 6.07) is 4.28. The number of esters is 1. The van der Waals surface area contributed by atoms with Crippen LogP contribution in [0.3, 0.4) is 0 Å². The Morgan fingerprint density at radius 1 is 1.50 bits per heavy atom. The summed E-state index contributed by atoms with van der Waals surface area (Å²) in [5.74, 6) is -0.452. The van der Waals surface area contributed by atoms with Crippen molar-refractivity contribution in [3.63, 3.8) is 0 Å². The van der Waals surface area contributed by atoms with Gasteiger partial charge in [0.2, 0.25) is 0 Å². The number of methoxy groups -OCH3 is 1. The van der Waals surface area contributed by atoms with Crippen LogP contribution in [0.2, 0.25) is 5.02 Å². The van der Waals surface area contributed by atoms with Crippen molar-refractivity contribution >= 4 is 17.6 Å². The summed E-state index contributed by atoms with van der Waals surface area (Å²) in [6.07, 6.45) is 2.72. The first-order chi connectivity index (χ1) is 8.54. The van der Waals surface area contributed by atoms with Gasteiger partial charge in [-0.15, -0.1) is 0 Å². The molecule has 2 rings (SSSR count). The average molecular weight is 273 g/mol. The van der Waals surface area contributed by atoms with Crippen molar-refractivity contribution in [1.29, 1.82) is 0 Å². The van der Waals surface area contributed by atoms with Gasteiger partial charge < -0.3 is 9.47 Å². The number of rotatable bonds is 4. The maximum Gasteiger partial charge on any atom is 0.309 e. The van der Waals surface area contributed by atoms with Crippen molar-refractivity contribution in [2.75, 3.05) is 7.11 Å². The molecule has 0 radical (unpaired) electrons. The molecule has 0 heterocycles. The summed E-state index contributed by atoms with van der Waals surface area (Å²) in [5, 5.41) is 0.0537. The fraction of sp³-hybridized carbons (Fsp3) is 0.462. The lowest BCUT2D eigenvalue weighted by atomic mass is 9.77. The molecule has 0 spiro atoms. The number of benzene rings is 1. The molecule has 1 aromatic carbocycles. The summed E-state index contributed by atoms with van der Waals surface area (Å²) in [6.45, 7) is 0. The largest absolute Gasteiger partial charge is 0.487 e. The molecule has 0 bridgehead atoms. The monoisotopic (exact) mass is 272 g/mol. The normalized spacial score (nSPS) is 16.8. The van der Waals surface area contributed by atoms with Crippen molar-refractivity contribution in [1.82, 2.24) is 0 Å². The number of hydrogen-bond donors (Lipinski definition) is 0. The zero-order valence-corrected chi connectivity index (χ0v) is 10.8. The topological polar surface area (TPSA) is 35.5 Å². The van der Waals surface area contributed by atoms with E-state index in [9.17, 15) is 9.18 Å². The lowest BCUT2D eigenvalue weighted by Gasteiger charge is -2.41. The molecule has 1 fully saturated rings. The minimum atomic E-state index is -0.548. The van der Waals surface area contributed by atoms with Gasteiger partial charge in [0.15, 0.2) is 0 Å². The van der Waals surface area contributed by atoms with Gasteiger partial charge in [0.25, 0.3) is 0 Å². The van der Waals surface area contributed by atoms with Crippen molar-refractivity contribution in [2.45, 2.75) is 31.3 Å². The maximum absolute atomic E-state index is 13.3. The average Bonchev–Trinajstić information content (AvgIpc) is 2.30. The third-order valence-corrected chi connectivity index (χ3v) is 3.49. The van der Waals surface area contributed by atoms with Crippen LogP contribution in [0.4, 0.5) is 4.39 Å². The Labute approximate surface area is 110 Å². The van der Waals surface area contributed by atoms with Gasteiger partial charge in [-0.05, 0) is 31.4 Å². The van der Waals surface area contributed by atoms with Gasteiger partial charge >= 0.3 is 5.97 Å². The van der Waals surface area contributed by atoms with Gasteiger partial charge in [0.1, 0.15) is 17.2 Å². The number of halogens is 2. The van der Waals surface area contributed by atoms with Crippen LogP contribution in [0.1, 0.15) is 25.7 Å². The molecular weight excluding hydrogens is 259 g/mol. The van der Waals surface area contributed by atoms with Crippen LogP contribution in [0.25, 0.3) is 0 Å². The van der Waals surface area contributed by atoms with E-state index in [4.69, 9.17) is 16.3 Å². The van der Waals surface area contributed by atoms with Crippen LogP contribution in [-0.2, 0) is 9.53 Å². The fourth-order valence-corrected chi connectivity index (χ4v) is 2.13. The van der Waals surface area contributed by atoms with Crippen molar-refractivity contribution in [2.24, 2.45) is 0 Å². The number of carbonyl (C=O) groups is 1. The first kappa shape index (κ1) is 13.1. The highest BCUT2D eigenvalue weighted by molar-refractivity contribution is 6.30. The number of ether oxygens (including phenoxy) is 2. The molecule has 0 amide bonds. The van der Waals surface area contributed by atoms with E-state index in [0.29, 0.717) is 5.75 Å². The molecule has 5 heteroatoms. The van der Waals surface area contributed by atoms with E-state index in [0.717, 1.165) is 19.3 Å². The second kappa shape index (κ2) is 5.14. The predicted molar refractivity (Wildman–Crippen MR) is 65.3 cm³/mol. The Hall–Kier alpha value is -1.29. The molecule has 0 unspecified atom stereocenters. The smallest absolute Gasteiger partial charge is 0.309 e. The molecule has 0 aromatic heterocycles. The van der Waals surface area contributed by atoms with Gasteiger partial charge in [-0.1, -0.05) is 11.6 Å². The second-order valence-corrected chi connectivity index (χ2v) is 4.87. The lowest BCUT2D eigenvalue weighted by molar-refractivity contribution is -0.148. The summed E-state index contributed by atoms with van der Waals surface area (Å²) < 4.78 is 23.7. The highest BCUT2D eigenvalue weighted by Crippen LogP contribution is 2.40. The van der Waals surface area contributed by atoms with Crippen LogP contribution in [-0.4, -0.2) is 18.7 Å². The van der Waals surface area contributed by atoms with Crippen LogP contribution in [0, 0.1) is 5.82 Å². The van der Waals surface area contributed by atoms with Crippen molar-refractivity contribution in [3.8, 4) is 5.75 Å². The van der Waals surface area contributed by atoms with E-state index in [2.05, 4.69) is 4.74 Å². The molecule has 1 aromatic rings. The van der Waals surface area contributed by atoms with Gasteiger partial charge in [-0.25, -0.2) is 4.39 Å². The van der Waals surface area contributed by atoms with Crippen LogP contribution < -0.4 is 4.74 Å². The standard InChI is InChI=1S/C13H14ClFO3/c1-17-12(16)8-13(5-2-6-13)18-9-3-4-10(14)11(15)7-9/h3-4,7H,2,5-6,8H2,1H3. The molecule has 18 heavy (non-hydrogen) atoms. The number of hydrogen-bond acceptors (Lipinski definition) is 3. The van der Waals surface area contributed by atoms with E-state index in [1.165, 1.54) is 19.2 Å². The molecule has 1 saturated carbocycles. The fourth-order valence-electron chi connectivity index (χ4n) is 2.01. The van der Waals surface area contributed by atoms with E-state index in [1.54, 1.807) is 6.07 Å². The Morgan fingerprint density at radius 2 is 2.22 bits per heavy atom. The van der Waals surface area contributed by atoms with Crippen molar-refractivity contribution in [3.05, 3.63) is 29.0 Å².